The minimum Gasteiger partial charge on any atom is -0.495 e. The van der Waals surface area contributed by atoms with E-state index in [1.807, 2.05) is 0 Å². The lowest BCUT2D eigenvalue weighted by atomic mass is 10.2. The van der Waals surface area contributed by atoms with Crippen molar-refractivity contribution in [2.45, 2.75) is 17.7 Å². The maximum atomic E-state index is 11.7. The van der Waals surface area contributed by atoms with Crippen LogP contribution in [-0.2, 0) is 14.8 Å². The Morgan fingerprint density at radius 2 is 2.11 bits per heavy atom. The average Bonchev–Trinajstić information content (AvgIpc) is 2.73. The number of hydrogen-bond acceptors (Lipinski definition) is 4. The van der Waals surface area contributed by atoms with Gasteiger partial charge in [0.2, 0.25) is 15.9 Å². The molecule has 18 heavy (non-hydrogen) atoms. The third kappa shape index (κ3) is 2.32. The molecule has 1 heterocycles. The van der Waals surface area contributed by atoms with Gasteiger partial charge in [-0.2, -0.15) is 0 Å². The van der Waals surface area contributed by atoms with E-state index in [1.165, 1.54) is 30.2 Å². The lowest BCUT2D eigenvalue weighted by molar-refractivity contribution is -0.117. The van der Waals surface area contributed by atoms with Crippen LogP contribution in [0.1, 0.15) is 12.8 Å². The summed E-state index contributed by atoms with van der Waals surface area (Å²) >= 11 is 0. The third-order valence-electron chi connectivity index (χ3n) is 2.84. The molecule has 1 aliphatic heterocycles. The van der Waals surface area contributed by atoms with Crippen LogP contribution in [0.25, 0.3) is 0 Å². The van der Waals surface area contributed by atoms with Crippen LogP contribution in [0.2, 0.25) is 0 Å². The molecule has 0 unspecified atom stereocenters. The summed E-state index contributed by atoms with van der Waals surface area (Å²) in [7, 11) is -2.32. The quantitative estimate of drug-likeness (QED) is 0.864. The highest BCUT2D eigenvalue weighted by atomic mass is 32.2. The molecule has 1 aromatic carbocycles. The number of nitrogens with two attached hydrogens (primary N) is 1. The standard InChI is InChI=1S/C11H14N2O4S/c1-17-10-5-4-8(18(12,15)16)7-9(10)13-6-2-3-11(13)14/h4-5,7H,2-3,6H2,1H3,(H2,12,15,16). The van der Waals surface area contributed by atoms with Crippen molar-refractivity contribution in [3.63, 3.8) is 0 Å². The summed E-state index contributed by atoms with van der Waals surface area (Å²) in [5, 5.41) is 5.08. The zero-order valence-corrected chi connectivity index (χ0v) is 10.7. The second-order valence-electron chi connectivity index (χ2n) is 4.03. The number of hydrogen-bond donors (Lipinski definition) is 1. The van der Waals surface area contributed by atoms with Gasteiger partial charge in [-0.15, -0.1) is 0 Å². The molecule has 0 saturated carbocycles. The smallest absolute Gasteiger partial charge is 0.238 e. The number of carbonyl (C=O) groups excluding carboxylic acids is 1. The molecule has 1 aliphatic rings. The van der Waals surface area contributed by atoms with Gasteiger partial charge in [-0.3, -0.25) is 4.79 Å². The molecule has 1 saturated heterocycles. The summed E-state index contributed by atoms with van der Waals surface area (Å²) in [5.74, 6) is 0.414. The predicted octanol–water partition coefficient (Wildman–Crippen LogP) is 0.469. The molecule has 1 fully saturated rings. The minimum absolute atomic E-state index is 0.0296. The van der Waals surface area contributed by atoms with E-state index in [9.17, 15) is 13.2 Å². The molecule has 2 rings (SSSR count). The molecule has 0 bridgehead atoms. The Hall–Kier alpha value is -1.60. The van der Waals surface area contributed by atoms with Crippen LogP contribution in [0, 0.1) is 0 Å². The van der Waals surface area contributed by atoms with Crippen molar-refractivity contribution in [3.05, 3.63) is 18.2 Å². The van der Waals surface area contributed by atoms with Crippen molar-refractivity contribution in [3.8, 4) is 5.75 Å². The maximum Gasteiger partial charge on any atom is 0.238 e. The van der Waals surface area contributed by atoms with E-state index in [0.717, 1.165) is 6.42 Å². The van der Waals surface area contributed by atoms with E-state index in [1.54, 1.807) is 0 Å². The summed E-state index contributed by atoms with van der Waals surface area (Å²) < 4.78 is 27.8. The number of carbonyl (C=O) groups is 1. The van der Waals surface area contributed by atoms with Gasteiger partial charge in [0.1, 0.15) is 5.75 Å². The first-order valence-electron chi connectivity index (χ1n) is 5.44. The number of nitrogens with zero attached hydrogens (tertiary/aromatic N) is 1. The van der Waals surface area contributed by atoms with Gasteiger partial charge in [0.15, 0.2) is 0 Å². The van der Waals surface area contributed by atoms with E-state index in [-0.39, 0.29) is 10.8 Å². The highest BCUT2D eigenvalue weighted by Crippen LogP contribution is 2.33. The van der Waals surface area contributed by atoms with E-state index >= 15 is 0 Å². The first kappa shape index (κ1) is 12.8. The number of benzene rings is 1. The highest BCUT2D eigenvalue weighted by Gasteiger charge is 2.25. The van der Waals surface area contributed by atoms with Crippen LogP contribution in [0.4, 0.5) is 5.69 Å². The number of primary sulfonamides is 1. The number of sulfonamides is 1. The SMILES string of the molecule is COc1ccc(S(N)(=O)=O)cc1N1CCCC1=O. The minimum atomic E-state index is -3.79. The van der Waals surface area contributed by atoms with Gasteiger partial charge in [-0.25, -0.2) is 13.6 Å². The Bertz CT molecular complexity index is 583. The molecule has 1 aromatic rings. The van der Waals surface area contributed by atoms with Gasteiger partial charge in [-0.05, 0) is 24.6 Å². The number of amides is 1. The molecule has 0 aromatic heterocycles. The summed E-state index contributed by atoms with van der Waals surface area (Å²) in [5.41, 5.74) is 0.450. The second kappa shape index (κ2) is 4.58. The molecule has 0 aliphatic carbocycles. The molecule has 0 radical (unpaired) electrons. The number of anilines is 1. The van der Waals surface area contributed by atoms with Crippen molar-refractivity contribution in [1.82, 2.24) is 0 Å². The first-order chi connectivity index (χ1) is 8.43. The molecule has 1 amide bonds. The van der Waals surface area contributed by atoms with Crippen molar-refractivity contribution >= 4 is 21.6 Å². The van der Waals surface area contributed by atoms with E-state index < -0.39 is 10.0 Å². The van der Waals surface area contributed by atoms with Crippen molar-refractivity contribution < 1.29 is 17.9 Å². The van der Waals surface area contributed by atoms with Crippen LogP contribution in [0.3, 0.4) is 0 Å². The lowest BCUT2D eigenvalue weighted by Crippen LogP contribution is -2.25. The van der Waals surface area contributed by atoms with Gasteiger partial charge in [0.25, 0.3) is 0 Å². The van der Waals surface area contributed by atoms with Crippen molar-refractivity contribution in [2.24, 2.45) is 5.14 Å². The number of ether oxygens (including phenoxy) is 1. The molecule has 98 valence electrons. The summed E-state index contributed by atoms with van der Waals surface area (Å²) in [6.45, 7) is 0.559. The Balaban J connectivity index is 2.52. The first-order valence-corrected chi connectivity index (χ1v) is 6.99. The fraction of sp³-hybridized carbons (Fsp3) is 0.364. The van der Waals surface area contributed by atoms with Gasteiger partial charge in [0.05, 0.1) is 17.7 Å². The third-order valence-corrected chi connectivity index (χ3v) is 3.75. The topological polar surface area (TPSA) is 89.7 Å². The molecular formula is C11H14N2O4S. The molecule has 6 nitrogen and oxygen atoms in total. The van der Waals surface area contributed by atoms with Crippen molar-refractivity contribution in [1.29, 1.82) is 0 Å². The Morgan fingerprint density at radius 1 is 1.39 bits per heavy atom. The van der Waals surface area contributed by atoms with E-state index in [2.05, 4.69) is 0 Å². The fourth-order valence-electron chi connectivity index (χ4n) is 1.96. The van der Waals surface area contributed by atoms with Gasteiger partial charge in [-0.1, -0.05) is 0 Å². The lowest BCUT2D eigenvalue weighted by Gasteiger charge is -2.19. The molecule has 7 heteroatoms. The average molecular weight is 270 g/mol. The Kier molecular flexibility index (Phi) is 3.27. The normalized spacial score (nSPS) is 16.1. The van der Waals surface area contributed by atoms with Crippen LogP contribution in [0.5, 0.6) is 5.75 Å². The van der Waals surface area contributed by atoms with Gasteiger partial charge in [0, 0.05) is 13.0 Å². The largest absolute Gasteiger partial charge is 0.495 e. The predicted molar refractivity (Wildman–Crippen MR) is 66.0 cm³/mol. The number of methoxy groups -OCH3 is 1. The summed E-state index contributed by atoms with van der Waals surface area (Å²) in [6.07, 6.45) is 1.21. The van der Waals surface area contributed by atoms with Crippen LogP contribution in [-0.4, -0.2) is 28.0 Å². The summed E-state index contributed by atoms with van der Waals surface area (Å²) in [6, 6.07) is 4.23. The highest BCUT2D eigenvalue weighted by molar-refractivity contribution is 7.89. The molecular weight excluding hydrogens is 256 g/mol. The van der Waals surface area contributed by atoms with Crippen LogP contribution in [0.15, 0.2) is 23.1 Å². The zero-order chi connectivity index (χ0) is 13.3. The molecule has 2 N–H and O–H groups in total. The van der Waals surface area contributed by atoms with Gasteiger partial charge < -0.3 is 9.64 Å². The fourth-order valence-corrected chi connectivity index (χ4v) is 2.49. The zero-order valence-electron chi connectivity index (χ0n) is 9.92. The molecule has 0 atom stereocenters. The van der Waals surface area contributed by atoms with Gasteiger partial charge >= 0.3 is 0 Å². The van der Waals surface area contributed by atoms with Crippen LogP contribution >= 0.6 is 0 Å². The summed E-state index contributed by atoms with van der Waals surface area (Å²) in [4.78, 5) is 13.2. The molecule has 0 spiro atoms. The monoisotopic (exact) mass is 270 g/mol. The van der Waals surface area contributed by atoms with Crippen molar-refractivity contribution in [2.75, 3.05) is 18.6 Å². The van der Waals surface area contributed by atoms with E-state index in [4.69, 9.17) is 9.88 Å². The Labute approximate surface area is 105 Å². The number of rotatable bonds is 3. The van der Waals surface area contributed by atoms with E-state index in [0.29, 0.717) is 24.4 Å². The Morgan fingerprint density at radius 3 is 2.61 bits per heavy atom. The maximum absolute atomic E-state index is 11.7. The van der Waals surface area contributed by atoms with Crippen LogP contribution < -0.4 is 14.8 Å². The second-order valence-corrected chi connectivity index (χ2v) is 5.59.